The number of hydrogen-bond acceptors (Lipinski definition) is 5. The summed E-state index contributed by atoms with van der Waals surface area (Å²) >= 11 is 0. The van der Waals surface area contributed by atoms with Crippen molar-refractivity contribution in [3.63, 3.8) is 0 Å². The van der Waals surface area contributed by atoms with Crippen LogP contribution in [0.25, 0.3) is 10.9 Å². The van der Waals surface area contributed by atoms with Crippen molar-refractivity contribution in [1.29, 1.82) is 0 Å². The molecule has 116 valence electrons. The molecule has 6 heteroatoms. The molecule has 22 heavy (non-hydrogen) atoms. The molecule has 0 spiro atoms. The lowest BCUT2D eigenvalue weighted by Gasteiger charge is -2.20. The van der Waals surface area contributed by atoms with Crippen molar-refractivity contribution in [3.8, 4) is 0 Å². The summed E-state index contributed by atoms with van der Waals surface area (Å²) in [7, 11) is 0. The van der Waals surface area contributed by atoms with Crippen molar-refractivity contribution >= 4 is 22.6 Å². The molecule has 6 nitrogen and oxygen atoms in total. The molecular weight excluding hydrogens is 278 g/mol. The zero-order valence-electron chi connectivity index (χ0n) is 12.8. The summed E-state index contributed by atoms with van der Waals surface area (Å²) in [6.45, 7) is 5.67. The number of amides is 1. The van der Waals surface area contributed by atoms with Gasteiger partial charge in [-0.1, -0.05) is 12.1 Å². The monoisotopic (exact) mass is 299 g/mol. The molecule has 0 atom stereocenters. The molecule has 1 aliphatic rings. The zero-order chi connectivity index (χ0) is 15.5. The Kier molecular flexibility index (Phi) is 4.20. The Labute approximate surface area is 129 Å². The second-order valence-electron chi connectivity index (χ2n) is 5.68. The van der Waals surface area contributed by atoms with Crippen LogP contribution in [0.4, 0.5) is 5.82 Å². The van der Waals surface area contributed by atoms with Gasteiger partial charge < -0.3 is 10.6 Å². The molecule has 0 radical (unpaired) electrons. The van der Waals surface area contributed by atoms with Crippen LogP contribution in [0.3, 0.4) is 0 Å². The highest BCUT2D eigenvalue weighted by molar-refractivity contribution is 5.87. The molecule has 2 heterocycles. The van der Waals surface area contributed by atoms with Gasteiger partial charge in [0.25, 0.3) is 0 Å². The maximum atomic E-state index is 11.5. The number of nitrogens with zero attached hydrogens (tertiary/aromatic N) is 4. The highest BCUT2D eigenvalue weighted by Crippen LogP contribution is 2.18. The first-order chi connectivity index (χ1) is 10.6. The molecule has 1 fully saturated rings. The van der Waals surface area contributed by atoms with E-state index in [0.29, 0.717) is 12.4 Å². The van der Waals surface area contributed by atoms with E-state index in [4.69, 9.17) is 5.73 Å². The van der Waals surface area contributed by atoms with E-state index in [1.54, 1.807) is 6.92 Å². The number of aromatic nitrogens is 2. The van der Waals surface area contributed by atoms with Crippen LogP contribution in [0, 0.1) is 0 Å². The van der Waals surface area contributed by atoms with Gasteiger partial charge in [-0.25, -0.2) is 9.97 Å². The summed E-state index contributed by atoms with van der Waals surface area (Å²) in [6, 6.07) is 7.78. The minimum absolute atomic E-state index is 0.146. The molecule has 2 N–H and O–H groups in total. The SMILES string of the molecule is CC(=O)N1CCCN(Cc2nc(N)c3ccccc3n2)CC1. The van der Waals surface area contributed by atoms with Crippen molar-refractivity contribution in [3.05, 3.63) is 30.1 Å². The van der Waals surface area contributed by atoms with Crippen molar-refractivity contribution < 1.29 is 4.79 Å². The van der Waals surface area contributed by atoms with Crippen molar-refractivity contribution in [2.45, 2.75) is 19.9 Å². The molecular formula is C16H21N5O. The number of rotatable bonds is 2. The predicted octanol–water partition coefficient (Wildman–Crippen LogP) is 1.27. The van der Waals surface area contributed by atoms with E-state index in [1.165, 1.54) is 0 Å². The summed E-state index contributed by atoms with van der Waals surface area (Å²) in [4.78, 5) is 24.7. The van der Waals surface area contributed by atoms with Crippen LogP contribution in [-0.2, 0) is 11.3 Å². The summed E-state index contributed by atoms with van der Waals surface area (Å²) < 4.78 is 0. The van der Waals surface area contributed by atoms with E-state index in [0.717, 1.165) is 49.3 Å². The van der Waals surface area contributed by atoms with Gasteiger partial charge in [-0.15, -0.1) is 0 Å². The van der Waals surface area contributed by atoms with E-state index < -0.39 is 0 Å². The molecule has 1 aromatic heterocycles. The number of benzene rings is 1. The highest BCUT2D eigenvalue weighted by atomic mass is 16.2. The average molecular weight is 299 g/mol. The molecule has 0 aliphatic carbocycles. The second-order valence-corrected chi connectivity index (χ2v) is 5.68. The number of nitrogens with two attached hydrogens (primary N) is 1. The van der Waals surface area contributed by atoms with E-state index >= 15 is 0 Å². The van der Waals surface area contributed by atoms with Crippen molar-refractivity contribution in [2.24, 2.45) is 0 Å². The quantitative estimate of drug-likeness (QED) is 0.903. The third-order valence-electron chi connectivity index (χ3n) is 4.08. The lowest BCUT2D eigenvalue weighted by atomic mass is 10.2. The van der Waals surface area contributed by atoms with E-state index in [2.05, 4.69) is 14.9 Å². The first kappa shape index (κ1) is 14.7. The number of nitrogen functional groups attached to an aromatic ring is 1. The smallest absolute Gasteiger partial charge is 0.219 e. The number of para-hydroxylation sites is 1. The molecule has 3 rings (SSSR count). The van der Waals surface area contributed by atoms with Gasteiger partial charge in [-0.3, -0.25) is 9.69 Å². The van der Waals surface area contributed by atoms with Crippen LogP contribution in [0.5, 0.6) is 0 Å². The topological polar surface area (TPSA) is 75.4 Å². The third kappa shape index (κ3) is 3.17. The molecule has 1 aliphatic heterocycles. The minimum atomic E-state index is 0.146. The predicted molar refractivity (Wildman–Crippen MR) is 86.1 cm³/mol. The zero-order valence-corrected chi connectivity index (χ0v) is 12.8. The van der Waals surface area contributed by atoms with Crippen LogP contribution in [0.2, 0.25) is 0 Å². The first-order valence-electron chi connectivity index (χ1n) is 7.62. The van der Waals surface area contributed by atoms with Crippen molar-refractivity contribution in [2.75, 3.05) is 31.9 Å². The maximum absolute atomic E-state index is 11.5. The fourth-order valence-corrected chi connectivity index (χ4v) is 2.87. The standard InChI is InChI=1S/C16H21N5O/c1-12(22)21-8-4-7-20(9-10-21)11-15-18-14-6-3-2-5-13(14)16(17)19-15/h2-3,5-6H,4,7-11H2,1H3,(H2,17,18,19). The largest absolute Gasteiger partial charge is 0.383 e. The summed E-state index contributed by atoms with van der Waals surface area (Å²) in [6.07, 6.45) is 0.975. The Bertz CT molecular complexity index is 687. The van der Waals surface area contributed by atoms with Gasteiger partial charge in [0.15, 0.2) is 0 Å². The average Bonchev–Trinajstić information content (AvgIpc) is 2.73. The molecule has 0 bridgehead atoms. The maximum Gasteiger partial charge on any atom is 0.219 e. The van der Waals surface area contributed by atoms with Gasteiger partial charge >= 0.3 is 0 Å². The molecule has 1 aromatic carbocycles. The van der Waals surface area contributed by atoms with Crippen LogP contribution in [-0.4, -0.2) is 51.9 Å². The fourth-order valence-electron chi connectivity index (χ4n) is 2.87. The Balaban J connectivity index is 1.74. The second kappa shape index (κ2) is 6.27. The Morgan fingerprint density at radius 2 is 2.00 bits per heavy atom. The van der Waals surface area contributed by atoms with Gasteiger partial charge in [0.1, 0.15) is 11.6 Å². The van der Waals surface area contributed by atoms with E-state index in [9.17, 15) is 4.79 Å². The number of carbonyl (C=O) groups excluding carboxylic acids is 1. The molecule has 0 unspecified atom stereocenters. The van der Waals surface area contributed by atoms with Crippen LogP contribution in [0.1, 0.15) is 19.2 Å². The van der Waals surface area contributed by atoms with Crippen molar-refractivity contribution in [1.82, 2.24) is 19.8 Å². The number of anilines is 1. The fraction of sp³-hybridized carbons (Fsp3) is 0.438. The Morgan fingerprint density at radius 3 is 2.82 bits per heavy atom. The summed E-state index contributed by atoms with van der Waals surface area (Å²) in [5.74, 6) is 1.42. The minimum Gasteiger partial charge on any atom is -0.383 e. The van der Waals surface area contributed by atoms with Gasteiger partial charge in [0, 0.05) is 38.5 Å². The lowest BCUT2D eigenvalue weighted by molar-refractivity contribution is -0.128. The number of hydrogen-bond donors (Lipinski definition) is 1. The number of fused-ring (bicyclic) bond motifs is 1. The van der Waals surface area contributed by atoms with Gasteiger partial charge in [0.05, 0.1) is 12.1 Å². The third-order valence-corrected chi connectivity index (χ3v) is 4.08. The summed E-state index contributed by atoms with van der Waals surface area (Å²) in [5.41, 5.74) is 6.91. The summed E-state index contributed by atoms with van der Waals surface area (Å²) in [5, 5.41) is 0.893. The van der Waals surface area contributed by atoms with Crippen LogP contribution < -0.4 is 5.73 Å². The molecule has 2 aromatic rings. The Morgan fingerprint density at radius 1 is 1.18 bits per heavy atom. The molecule has 0 saturated carbocycles. The molecule has 1 amide bonds. The van der Waals surface area contributed by atoms with Crippen LogP contribution in [0.15, 0.2) is 24.3 Å². The van der Waals surface area contributed by atoms with Gasteiger partial charge in [-0.2, -0.15) is 0 Å². The Hall–Kier alpha value is -2.21. The van der Waals surface area contributed by atoms with Crippen LogP contribution >= 0.6 is 0 Å². The van der Waals surface area contributed by atoms with E-state index in [-0.39, 0.29) is 5.91 Å². The molecule has 1 saturated heterocycles. The highest BCUT2D eigenvalue weighted by Gasteiger charge is 2.17. The number of carbonyl (C=O) groups is 1. The van der Waals surface area contributed by atoms with E-state index in [1.807, 2.05) is 29.2 Å². The lowest BCUT2D eigenvalue weighted by Crippen LogP contribution is -2.33. The normalized spacial score (nSPS) is 16.7. The van der Waals surface area contributed by atoms with Gasteiger partial charge in [-0.05, 0) is 18.6 Å². The van der Waals surface area contributed by atoms with Gasteiger partial charge in [0.2, 0.25) is 5.91 Å². The first-order valence-corrected chi connectivity index (χ1v) is 7.62.